The molecular formula is C18H26N2O5. The van der Waals surface area contributed by atoms with Gasteiger partial charge >= 0.3 is 5.97 Å². The number of carboxylic acid groups (broad SMARTS) is 1. The molecule has 4 N–H and O–H groups in total. The quantitative estimate of drug-likeness (QED) is 0.636. The molecule has 25 heavy (non-hydrogen) atoms. The number of fused-ring (bicyclic) bond motifs is 1. The zero-order valence-corrected chi connectivity index (χ0v) is 14.3. The van der Waals surface area contributed by atoms with Gasteiger partial charge < -0.3 is 20.7 Å². The Balaban J connectivity index is 0.000000128. The lowest BCUT2D eigenvalue weighted by Crippen LogP contribution is -2.55. The molecule has 2 saturated heterocycles. The predicted molar refractivity (Wildman–Crippen MR) is 88.0 cm³/mol. The summed E-state index contributed by atoms with van der Waals surface area (Å²) in [5.41, 5.74) is 6.62. The Hall–Kier alpha value is -1.60. The van der Waals surface area contributed by atoms with Crippen molar-refractivity contribution in [1.82, 2.24) is 4.90 Å². The van der Waals surface area contributed by atoms with E-state index in [1.165, 1.54) is 49.5 Å². The van der Waals surface area contributed by atoms with Gasteiger partial charge in [0.15, 0.2) is 12.3 Å². The molecule has 1 amide bonds. The van der Waals surface area contributed by atoms with Crippen molar-refractivity contribution < 1.29 is 24.5 Å². The van der Waals surface area contributed by atoms with Gasteiger partial charge in [0.25, 0.3) is 0 Å². The highest BCUT2D eigenvalue weighted by Crippen LogP contribution is 2.54. The molecule has 4 saturated carbocycles. The first-order chi connectivity index (χ1) is 11.9. The lowest BCUT2D eigenvalue weighted by Gasteiger charge is -2.55. The second-order valence-corrected chi connectivity index (χ2v) is 8.39. The molecule has 7 heteroatoms. The number of aliphatic hydroxyl groups is 1. The third-order valence-electron chi connectivity index (χ3n) is 6.38. The summed E-state index contributed by atoms with van der Waals surface area (Å²) < 4.78 is 5.17. The molecule has 0 spiro atoms. The van der Waals surface area contributed by atoms with E-state index in [9.17, 15) is 9.59 Å². The summed E-state index contributed by atoms with van der Waals surface area (Å²) in [6.45, 7) is -0.298. The maximum atomic E-state index is 11.1. The fraction of sp³-hybridized carbons (Fsp3) is 0.778. The number of nitrogens with two attached hydrogens (primary N) is 1. The van der Waals surface area contributed by atoms with Crippen molar-refractivity contribution in [1.29, 1.82) is 0 Å². The number of ether oxygens (including phenoxy) is 1. The number of carboxylic acids is 1. The number of aliphatic carboxylic acids is 1. The van der Waals surface area contributed by atoms with E-state index in [2.05, 4.69) is 0 Å². The van der Waals surface area contributed by atoms with E-state index in [1.807, 2.05) is 0 Å². The third-order valence-corrected chi connectivity index (χ3v) is 6.38. The highest BCUT2D eigenvalue weighted by Gasteiger charge is 2.53. The van der Waals surface area contributed by atoms with Crippen molar-refractivity contribution >= 4 is 11.9 Å². The van der Waals surface area contributed by atoms with Crippen LogP contribution in [0.15, 0.2) is 11.8 Å². The molecule has 138 valence electrons. The molecule has 0 unspecified atom stereocenters. The second-order valence-electron chi connectivity index (χ2n) is 8.39. The normalized spacial score (nSPS) is 44.7. The van der Waals surface area contributed by atoms with Crippen molar-refractivity contribution in [2.24, 2.45) is 23.5 Å². The van der Waals surface area contributed by atoms with Crippen LogP contribution in [-0.2, 0) is 14.3 Å². The first-order valence-corrected chi connectivity index (χ1v) is 9.19. The average molecular weight is 350 g/mol. The summed E-state index contributed by atoms with van der Waals surface area (Å²) in [5.74, 6) is 1.84. The van der Waals surface area contributed by atoms with Crippen LogP contribution >= 0.6 is 0 Å². The monoisotopic (exact) mass is 350 g/mol. The number of hydrogen-bond acceptors (Lipinski definition) is 5. The van der Waals surface area contributed by atoms with Crippen LogP contribution in [0, 0.1) is 17.8 Å². The standard InChI is InChI=1S/C10H17N.C8H9NO5/c11-10-4-7-1-8(5-10)3-9(2-7)6-10;10-2-1-4-7(8(12)13)9-5(11)3-6(9)14-4/h7-9H,1-6,11H2;1,6-7,10H,2-3H2,(H,12,13)/t;6-,7-/m.1/s1. The van der Waals surface area contributed by atoms with Gasteiger partial charge in [0, 0.05) is 5.54 Å². The first kappa shape index (κ1) is 16.8. The minimum atomic E-state index is -1.14. The number of carbonyl (C=O) groups is 2. The van der Waals surface area contributed by atoms with Gasteiger partial charge in [-0.15, -0.1) is 0 Å². The van der Waals surface area contributed by atoms with Gasteiger partial charge in [-0.1, -0.05) is 0 Å². The molecule has 6 rings (SSSR count). The van der Waals surface area contributed by atoms with Crippen molar-refractivity contribution in [2.45, 2.75) is 62.8 Å². The number of nitrogens with zero attached hydrogens (tertiary/aromatic N) is 1. The Labute approximate surface area is 146 Å². The molecule has 7 nitrogen and oxygen atoms in total. The number of hydrogen-bond donors (Lipinski definition) is 3. The van der Waals surface area contributed by atoms with Gasteiger partial charge in [-0.3, -0.25) is 9.69 Å². The number of rotatable bonds is 2. The average Bonchev–Trinajstić information content (AvgIpc) is 2.78. The third kappa shape index (κ3) is 2.93. The van der Waals surface area contributed by atoms with E-state index in [-0.39, 0.29) is 24.7 Å². The molecule has 4 bridgehead atoms. The van der Waals surface area contributed by atoms with Crippen LogP contribution < -0.4 is 5.73 Å². The van der Waals surface area contributed by atoms with Crippen molar-refractivity contribution in [2.75, 3.05) is 6.61 Å². The van der Waals surface area contributed by atoms with Crippen LogP contribution in [0.5, 0.6) is 0 Å². The summed E-state index contributed by atoms with van der Waals surface area (Å²) in [5, 5.41) is 17.5. The Morgan fingerprint density at radius 3 is 2.20 bits per heavy atom. The summed E-state index contributed by atoms with van der Waals surface area (Å²) in [6, 6.07) is -1.06. The van der Waals surface area contributed by atoms with Crippen LogP contribution in [0.4, 0.5) is 0 Å². The van der Waals surface area contributed by atoms with E-state index in [4.69, 9.17) is 20.7 Å². The molecule has 0 aromatic carbocycles. The lowest BCUT2D eigenvalue weighted by molar-refractivity contribution is -0.163. The summed E-state index contributed by atoms with van der Waals surface area (Å²) >= 11 is 0. The molecule has 2 aliphatic heterocycles. The Morgan fingerprint density at radius 2 is 1.80 bits per heavy atom. The highest BCUT2D eigenvalue weighted by molar-refractivity contribution is 5.91. The summed E-state index contributed by atoms with van der Waals surface area (Å²) in [6.07, 6.45) is 9.60. The smallest absolute Gasteiger partial charge is 0.334 e. The van der Waals surface area contributed by atoms with Gasteiger partial charge in [0.05, 0.1) is 13.0 Å². The molecule has 6 aliphatic rings. The molecule has 4 aliphatic carbocycles. The van der Waals surface area contributed by atoms with E-state index in [0.717, 1.165) is 17.8 Å². The van der Waals surface area contributed by atoms with E-state index >= 15 is 0 Å². The Kier molecular flexibility index (Phi) is 4.03. The Bertz CT molecular complexity index is 581. The molecule has 2 heterocycles. The fourth-order valence-corrected chi connectivity index (χ4v) is 5.84. The van der Waals surface area contributed by atoms with Crippen molar-refractivity contribution in [3.63, 3.8) is 0 Å². The predicted octanol–water partition coefficient (Wildman–Crippen LogP) is 0.818. The zero-order valence-electron chi connectivity index (χ0n) is 14.3. The zero-order chi connectivity index (χ0) is 17.8. The van der Waals surface area contributed by atoms with Gasteiger partial charge in [-0.2, -0.15) is 0 Å². The SMILES string of the molecule is NC12CC3CC(CC(C3)C1)C2.O=C(O)[C@H]1C(=CCO)O[C@@H]2CC(=O)N12. The van der Waals surface area contributed by atoms with Crippen LogP contribution in [0.3, 0.4) is 0 Å². The molecule has 0 aromatic heterocycles. The van der Waals surface area contributed by atoms with Crippen LogP contribution in [0.1, 0.15) is 44.9 Å². The minimum Gasteiger partial charge on any atom is -0.479 e. The van der Waals surface area contributed by atoms with Crippen LogP contribution in [0.25, 0.3) is 0 Å². The maximum Gasteiger partial charge on any atom is 0.334 e. The lowest BCUT2D eigenvalue weighted by atomic mass is 9.53. The van der Waals surface area contributed by atoms with Gasteiger partial charge in [-0.05, 0) is 62.4 Å². The van der Waals surface area contributed by atoms with Crippen LogP contribution in [0.2, 0.25) is 0 Å². The molecule has 6 fully saturated rings. The fourth-order valence-electron chi connectivity index (χ4n) is 5.84. The van der Waals surface area contributed by atoms with Crippen molar-refractivity contribution in [3.8, 4) is 0 Å². The molecule has 0 radical (unpaired) electrons. The number of carbonyl (C=O) groups excluding carboxylic acids is 1. The maximum absolute atomic E-state index is 11.1. The number of aliphatic hydroxyl groups excluding tert-OH is 1. The largest absolute Gasteiger partial charge is 0.479 e. The number of amides is 1. The van der Waals surface area contributed by atoms with Crippen LogP contribution in [-0.4, -0.2) is 51.4 Å². The minimum absolute atomic E-state index is 0.149. The van der Waals surface area contributed by atoms with E-state index in [1.54, 1.807) is 0 Å². The molecule has 0 aromatic rings. The van der Waals surface area contributed by atoms with E-state index in [0.29, 0.717) is 5.54 Å². The molecular weight excluding hydrogens is 324 g/mol. The summed E-state index contributed by atoms with van der Waals surface area (Å²) in [7, 11) is 0. The van der Waals surface area contributed by atoms with E-state index < -0.39 is 18.2 Å². The highest BCUT2D eigenvalue weighted by atomic mass is 16.5. The van der Waals surface area contributed by atoms with Gasteiger partial charge in [0.2, 0.25) is 5.91 Å². The van der Waals surface area contributed by atoms with Crippen molar-refractivity contribution in [3.05, 3.63) is 11.8 Å². The first-order valence-electron chi connectivity index (χ1n) is 9.19. The van der Waals surface area contributed by atoms with Gasteiger partial charge in [-0.25, -0.2) is 4.79 Å². The summed E-state index contributed by atoms with van der Waals surface area (Å²) in [4.78, 5) is 23.1. The second kappa shape index (κ2) is 5.99. The topological polar surface area (TPSA) is 113 Å². The molecule has 2 atom stereocenters. The van der Waals surface area contributed by atoms with Gasteiger partial charge in [0.1, 0.15) is 5.76 Å². The Morgan fingerprint density at radius 1 is 1.24 bits per heavy atom. The number of β-lactam (4-membered cyclic amide) rings is 1.